The van der Waals surface area contributed by atoms with E-state index in [2.05, 4.69) is 15.3 Å². The van der Waals surface area contributed by atoms with Gasteiger partial charge in [0.1, 0.15) is 25.0 Å². The first-order valence-electron chi connectivity index (χ1n) is 6.48. The minimum atomic E-state index is -0.729. The minimum Gasteiger partial charge on any atom is -0.425 e. The quantitative estimate of drug-likeness (QED) is 0.391. The zero-order chi connectivity index (χ0) is 15.1. The van der Waals surface area contributed by atoms with E-state index in [1.54, 1.807) is 30.3 Å². The van der Waals surface area contributed by atoms with E-state index >= 15 is 0 Å². The summed E-state index contributed by atoms with van der Waals surface area (Å²) in [6.07, 6.45) is 2.50. The van der Waals surface area contributed by atoms with Crippen LogP contribution in [0.25, 0.3) is 0 Å². The summed E-state index contributed by atoms with van der Waals surface area (Å²) in [5, 5.41) is 15.8. The van der Waals surface area contributed by atoms with E-state index in [1.165, 1.54) is 7.11 Å². The number of hydrogen-bond acceptors (Lipinski definition) is 6. The highest BCUT2D eigenvalue weighted by atomic mass is 16.6. The molecule has 0 bridgehead atoms. The van der Waals surface area contributed by atoms with Crippen molar-refractivity contribution in [2.45, 2.75) is 12.5 Å². The molecule has 6 heteroatoms. The summed E-state index contributed by atoms with van der Waals surface area (Å²) >= 11 is 0. The van der Waals surface area contributed by atoms with Crippen LogP contribution in [0.1, 0.15) is 6.42 Å². The number of hydrogen-bond donors (Lipinski definition) is 1. The number of ether oxygens (including phenoxy) is 1. The summed E-state index contributed by atoms with van der Waals surface area (Å²) in [5.74, 6) is -0.0254. The van der Waals surface area contributed by atoms with Crippen molar-refractivity contribution < 1.29 is 14.4 Å². The first kappa shape index (κ1) is 14.8. The normalized spacial score (nSPS) is 18.4. The van der Waals surface area contributed by atoms with Gasteiger partial charge in [-0.1, -0.05) is 29.4 Å². The van der Waals surface area contributed by atoms with E-state index in [0.717, 1.165) is 0 Å². The summed E-state index contributed by atoms with van der Waals surface area (Å²) in [4.78, 5) is 16.9. The van der Waals surface area contributed by atoms with E-state index in [1.807, 2.05) is 12.1 Å². The highest BCUT2D eigenvalue weighted by Crippen LogP contribution is 2.16. The van der Waals surface area contributed by atoms with Gasteiger partial charge in [-0.2, -0.15) is 5.26 Å². The Balaban J connectivity index is 2.19. The van der Waals surface area contributed by atoms with Crippen molar-refractivity contribution in [2.24, 2.45) is 5.16 Å². The Morgan fingerprint density at radius 1 is 1.43 bits per heavy atom. The number of para-hydroxylation sites is 1. The van der Waals surface area contributed by atoms with Gasteiger partial charge >= 0.3 is 5.97 Å². The molecule has 0 radical (unpaired) electrons. The van der Waals surface area contributed by atoms with Crippen molar-refractivity contribution in [3.05, 3.63) is 42.0 Å². The lowest BCUT2D eigenvalue weighted by Crippen LogP contribution is -2.45. The maximum absolute atomic E-state index is 12.3. The molecular formula is C15H15N3O3. The second-order valence-corrected chi connectivity index (χ2v) is 4.30. The maximum atomic E-state index is 12.3. The third kappa shape index (κ3) is 3.68. The predicted molar refractivity (Wildman–Crippen MR) is 76.6 cm³/mol. The molecule has 0 amide bonds. The van der Waals surface area contributed by atoms with E-state index in [0.29, 0.717) is 24.3 Å². The Kier molecular flexibility index (Phi) is 5.07. The van der Waals surface area contributed by atoms with Gasteiger partial charge in [0.05, 0.1) is 0 Å². The third-order valence-electron chi connectivity index (χ3n) is 2.93. The number of nitrogens with zero attached hydrogens (tertiary/aromatic N) is 2. The molecule has 1 aliphatic rings. The van der Waals surface area contributed by atoms with Gasteiger partial charge in [-0.15, -0.1) is 0 Å². The van der Waals surface area contributed by atoms with Crippen molar-refractivity contribution in [1.29, 1.82) is 5.26 Å². The molecule has 1 heterocycles. The van der Waals surface area contributed by atoms with E-state index in [-0.39, 0.29) is 5.71 Å². The van der Waals surface area contributed by atoms with Gasteiger partial charge in [-0.3, -0.25) is 0 Å². The summed E-state index contributed by atoms with van der Waals surface area (Å²) in [6.45, 7) is 0.629. The predicted octanol–water partition coefficient (Wildman–Crippen LogP) is 1.41. The number of rotatable bonds is 4. The Hall–Kier alpha value is -2.65. The molecule has 21 heavy (non-hydrogen) atoms. The smallest absolute Gasteiger partial charge is 0.333 e. The lowest BCUT2D eigenvalue weighted by Gasteiger charge is -2.22. The van der Waals surface area contributed by atoms with Crippen molar-refractivity contribution in [3.63, 3.8) is 0 Å². The molecule has 2 rings (SSSR count). The van der Waals surface area contributed by atoms with Crippen LogP contribution in [0.2, 0.25) is 0 Å². The fourth-order valence-corrected chi connectivity index (χ4v) is 2.02. The topological polar surface area (TPSA) is 83.7 Å². The molecule has 1 unspecified atom stereocenters. The summed E-state index contributed by atoms with van der Waals surface area (Å²) in [7, 11) is 1.35. The van der Waals surface area contributed by atoms with Crippen LogP contribution < -0.4 is 10.1 Å². The molecule has 1 atom stereocenters. The first-order valence-corrected chi connectivity index (χ1v) is 6.48. The second-order valence-electron chi connectivity index (χ2n) is 4.30. The van der Waals surface area contributed by atoms with Crippen LogP contribution in [0.5, 0.6) is 5.75 Å². The first-order chi connectivity index (χ1) is 10.3. The summed E-state index contributed by atoms with van der Waals surface area (Å²) in [5.41, 5.74) is 0.547. The summed E-state index contributed by atoms with van der Waals surface area (Å²) in [6, 6.07) is 9.98. The molecule has 0 spiro atoms. The molecule has 0 aromatic heterocycles. The van der Waals surface area contributed by atoms with Crippen LogP contribution >= 0.6 is 0 Å². The zero-order valence-corrected chi connectivity index (χ0v) is 11.6. The SMILES string of the molecule is CON=C(C#N)C1=CCCNC1C(=O)Oc1ccccc1. The molecule has 0 saturated carbocycles. The standard InChI is InChI=1S/C15H15N3O3/c1-20-18-13(10-16)12-8-5-9-17-14(12)15(19)21-11-6-3-2-4-7-11/h2-4,6-8,14,17H,5,9H2,1H3. The molecule has 0 aliphatic carbocycles. The average molecular weight is 285 g/mol. The van der Waals surface area contributed by atoms with Gasteiger partial charge in [-0.05, 0) is 25.1 Å². The van der Waals surface area contributed by atoms with Gasteiger partial charge in [0.25, 0.3) is 0 Å². The van der Waals surface area contributed by atoms with E-state index in [4.69, 9.17) is 10.00 Å². The number of esters is 1. The monoisotopic (exact) mass is 285 g/mol. The lowest BCUT2D eigenvalue weighted by molar-refractivity contribution is -0.135. The number of nitrogens with one attached hydrogen (secondary N) is 1. The largest absolute Gasteiger partial charge is 0.425 e. The Morgan fingerprint density at radius 2 is 2.19 bits per heavy atom. The molecule has 0 saturated heterocycles. The van der Waals surface area contributed by atoms with Gasteiger partial charge in [0.15, 0.2) is 5.71 Å². The van der Waals surface area contributed by atoms with Crippen LogP contribution in [0.15, 0.2) is 47.1 Å². The van der Waals surface area contributed by atoms with E-state index in [9.17, 15) is 4.79 Å². The van der Waals surface area contributed by atoms with Crippen LogP contribution in [-0.2, 0) is 9.63 Å². The Labute approximate surface area is 122 Å². The maximum Gasteiger partial charge on any atom is 0.333 e. The van der Waals surface area contributed by atoms with Crippen molar-refractivity contribution in [2.75, 3.05) is 13.7 Å². The number of carbonyl (C=O) groups is 1. The van der Waals surface area contributed by atoms with Crippen LogP contribution in [0, 0.1) is 11.3 Å². The molecular weight excluding hydrogens is 270 g/mol. The van der Waals surface area contributed by atoms with Crippen LogP contribution in [0.4, 0.5) is 0 Å². The third-order valence-corrected chi connectivity index (χ3v) is 2.93. The highest BCUT2D eigenvalue weighted by molar-refractivity contribution is 6.14. The Bertz CT molecular complexity index is 602. The summed E-state index contributed by atoms with van der Waals surface area (Å²) < 4.78 is 5.31. The Morgan fingerprint density at radius 3 is 2.86 bits per heavy atom. The molecule has 1 aliphatic heterocycles. The fraction of sp³-hybridized carbons (Fsp3) is 0.267. The number of oxime groups is 1. The molecule has 1 N–H and O–H groups in total. The van der Waals surface area contributed by atoms with Gasteiger partial charge in [-0.25, -0.2) is 4.79 Å². The zero-order valence-electron chi connectivity index (χ0n) is 11.6. The fourth-order valence-electron chi connectivity index (χ4n) is 2.02. The second kappa shape index (κ2) is 7.22. The molecule has 6 nitrogen and oxygen atoms in total. The number of benzene rings is 1. The highest BCUT2D eigenvalue weighted by Gasteiger charge is 2.30. The lowest BCUT2D eigenvalue weighted by atomic mass is 9.98. The van der Waals surface area contributed by atoms with E-state index < -0.39 is 12.0 Å². The van der Waals surface area contributed by atoms with Gasteiger partial charge in [0.2, 0.25) is 0 Å². The average Bonchev–Trinajstić information content (AvgIpc) is 2.53. The minimum absolute atomic E-state index is 0.0692. The molecule has 1 aromatic carbocycles. The molecule has 1 aromatic rings. The molecule has 0 fully saturated rings. The van der Waals surface area contributed by atoms with Crippen molar-refractivity contribution >= 4 is 11.7 Å². The van der Waals surface area contributed by atoms with Gasteiger partial charge in [0, 0.05) is 5.57 Å². The number of carbonyl (C=O) groups excluding carboxylic acids is 1. The number of nitriles is 1. The van der Waals surface area contributed by atoms with Gasteiger partial charge < -0.3 is 14.9 Å². The van der Waals surface area contributed by atoms with Crippen LogP contribution in [-0.4, -0.2) is 31.4 Å². The van der Waals surface area contributed by atoms with Crippen LogP contribution in [0.3, 0.4) is 0 Å². The van der Waals surface area contributed by atoms with Crippen molar-refractivity contribution in [1.82, 2.24) is 5.32 Å². The molecule has 108 valence electrons. The van der Waals surface area contributed by atoms with Crippen molar-refractivity contribution in [3.8, 4) is 11.8 Å².